The first-order chi connectivity index (χ1) is 12.1. The Labute approximate surface area is 151 Å². The van der Waals surface area contributed by atoms with Crippen LogP contribution < -0.4 is 10.2 Å². The molecule has 1 heterocycles. The summed E-state index contributed by atoms with van der Waals surface area (Å²) in [6.07, 6.45) is 7.91. The lowest BCUT2D eigenvalue weighted by atomic mass is 9.94. The fourth-order valence-corrected chi connectivity index (χ4v) is 3.96. The number of amides is 2. The molecule has 1 aliphatic heterocycles. The molecular formula is C20H31N3O2. The summed E-state index contributed by atoms with van der Waals surface area (Å²) >= 11 is 0. The molecule has 1 saturated carbocycles. The predicted octanol–water partition coefficient (Wildman–Crippen LogP) is 3.12. The first-order valence-electron chi connectivity index (χ1n) is 9.66. The highest BCUT2D eigenvalue weighted by Gasteiger charge is 2.22. The number of hydrogen-bond donors (Lipinski definition) is 2. The van der Waals surface area contributed by atoms with E-state index in [0.29, 0.717) is 19.1 Å². The summed E-state index contributed by atoms with van der Waals surface area (Å²) in [5.41, 5.74) is 2.35. The smallest absolute Gasteiger partial charge is 0.317 e. The van der Waals surface area contributed by atoms with E-state index in [2.05, 4.69) is 41.5 Å². The van der Waals surface area contributed by atoms with Crippen LogP contribution in [0, 0.1) is 0 Å². The van der Waals surface area contributed by atoms with Gasteiger partial charge in [0.05, 0.1) is 6.10 Å². The monoisotopic (exact) mass is 345 g/mol. The highest BCUT2D eigenvalue weighted by molar-refractivity contribution is 5.74. The van der Waals surface area contributed by atoms with E-state index in [4.69, 9.17) is 0 Å². The summed E-state index contributed by atoms with van der Waals surface area (Å²) < 4.78 is 0. The van der Waals surface area contributed by atoms with Gasteiger partial charge in [0.2, 0.25) is 0 Å². The number of benzene rings is 1. The number of β-amino-alcohol motifs (C(OH)–C–C–N with tert-alkyl or cyclic N) is 1. The van der Waals surface area contributed by atoms with Gasteiger partial charge in [0.15, 0.2) is 0 Å². The van der Waals surface area contributed by atoms with Crippen LogP contribution in [0.2, 0.25) is 0 Å². The number of piperidine rings is 1. The van der Waals surface area contributed by atoms with Crippen molar-refractivity contribution in [1.82, 2.24) is 10.2 Å². The van der Waals surface area contributed by atoms with E-state index >= 15 is 0 Å². The van der Waals surface area contributed by atoms with Gasteiger partial charge in [0.25, 0.3) is 0 Å². The lowest BCUT2D eigenvalue weighted by molar-refractivity contribution is 0.0842. The van der Waals surface area contributed by atoms with Crippen LogP contribution in [0.15, 0.2) is 24.3 Å². The normalized spacial score (nSPS) is 21.8. The highest BCUT2D eigenvalue weighted by atomic mass is 16.3. The fourth-order valence-electron chi connectivity index (χ4n) is 3.96. The second-order valence-electron chi connectivity index (χ2n) is 7.47. The van der Waals surface area contributed by atoms with Gasteiger partial charge >= 0.3 is 6.03 Å². The lowest BCUT2D eigenvalue weighted by Crippen LogP contribution is -2.46. The number of anilines is 1. The van der Waals surface area contributed by atoms with Crippen molar-refractivity contribution in [2.75, 3.05) is 25.0 Å². The molecule has 0 spiro atoms. The Morgan fingerprint density at radius 1 is 1.16 bits per heavy atom. The van der Waals surface area contributed by atoms with Crippen LogP contribution in [-0.4, -0.2) is 48.3 Å². The van der Waals surface area contributed by atoms with Crippen molar-refractivity contribution in [3.8, 4) is 0 Å². The molecule has 138 valence electrons. The quantitative estimate of drug-likeness (QED) is 0.881. The van der Waals surface area contributed by atoms with Gasteiger partial charge in [-0.25, -0.2) is 4.79 Å². The van der Waals surface area contributed by atoms with Crippen LogP contribution in [0.3, 0.4) is 0 Å². The molecule has 1 saturated heterocycles. The van der Waals surface area contributed by atoms with Gasteiger partial charge < -0.3 is 20.2 Å². The molecule has 2 amide bonds. The zero-order chi connectivity index (χ0) is 17.6. The maximum absolute atomic E-state index is 12.2. The number of nitrogens with one attached hydrogen (secondary N) is 1. The second-order valence-corrected chi connectivity index (χ2v) is 7.47. The zero-order valence-electron chi connectivity index (χ0n) is 15.3. The molecular weight excluding hydrogens is 314 g/mol. The molecule has 3 rings (SSSR count). The average Bonchev–Trinajstić information content (AvgIpc) is 2.66. The van der Waals surface area contributed by atoms with Crippen LogP contribution in [0.1, 0.15) is 50.5 Å². The Balaban J connectivity index is 1.49. The SMILES string of the molecule is CN(c1ccc(CNC(=O)N2CCC[C@H](O)C2)cc1)C1CCCCC1. The summed E-state index contributed by atoms with van der Waals surface area (Å²) in [6, 6.07) is 9.08. The first-order valence-corrected chi connectivity index (χ1v) is 9.66. The summed E-state index contributed by atoms with van der Waals surface area (Å²) in [6.45, 7) is 1.70. The molecule has 2 N–H and O–H groups in total. The van der Waals surface area contributed by atoms with Crippen LogP contribution >= 0.6 is 0 Å². The van der Waals surface area contributed by atoms with Gasteiger partial charge in [-0.2, -0.15) is 0 Å². The molecule has 1 aromatic carbocycles. The third-order valence-corrected chi connectivity index (χ3v) is 5.59. The molecule has 1 aliphatic carbocycles. The molecule has 0 radical (unpaired) electrons. The Morgan fingerprint density at radius 3 is 2.56 bits per heavy atom. The standard InChI is InChI=1S/C20H31N3O2/c1-22(17-6-3-2-4-7-17)18-11-9-16(10-12-18)14-21-20(25)23-13-5-8-19(24)15-23/h9-12,17,19,24H,2-8,13-15H2,1H3,(H,21,25)/t19-/m0/s1. The number of urea groups is 1. The van der Waals surface area contributed by atoms with E-state index in [1.54, 1.807) is 4.90 Å². The van der Waals surface area contributed by atoms with E-state index in [0.717, 1.165) is 24.9 Å². The number of nitrogens with zero attached hydrogens (tertiary/aromatic N) is 2. The first kappa shape index (κ1) is 18.1. The number of likely N-dealkylation sites (tertiary alicyclic amines) is 1. The minimum atomic E-state index is -0.380. The van der Waals surface area contributed by atoms with Gasteiger partial charge in [-0.1, -0.05) is 31.4 Å². The third kappa shape index (κ3) is 4.88. The molecule has 2 aliphatic rings. The molecule has 5 nitrogen and oxygen atoms in total. The Hall–Kier alpha value is -1.75. The minimum absolute atomic E-state index is 0.0813. The van der Waals surface area contributed by atoms with E-state index in [1.165, 1.54) is 37.8 Å². The number of hydrogen-bond acceptors (Lipinski definition) is 3. The summed E-state index contributed by atoms with van der Waals surface area (Å²) in [5.74, 6) is 0. The Bertz CT molecular complexity index is 555. The van der Waals surface area contributed by atoms with Crippen molar-refractivity contribution in [2.45, 2.75) is 63.6 Å². The summed E-state index contributed by atoms with van der Waals surface area (Å²) in [7, 11) is 2.19. The van der Waals surface area contributed by atoms with E-state index in [-0.39, 0.29) is 12.1 Å². The number of carbonyl (C=O) groups is 1. The molecule has 2 fully saturated rings. The molecule has 0 aromatic heterocycles. The van der Waals surface area contributed by atoms with Gasteiger partial charge in [0, 0.05) is 38.4 Å². The van der Waals surface area contributed by atoms with Gasteiger partial charge in [-0.3, -0.25) is 0 Å². The largest absolute Gasteiger partial charge is 0.391 e. The van der Waals surface area contributed by atoms with E-state index in [1.807, 2.05) is 0 Å². The van der Waals surface area contributed by atoms with Crippen LogP contribution in [0.4, 0.5) is 10.5 Å². The van der Waals surface area contributed by atoms with Gasteiger partial charge in [0.1, 0.15) is 0 Å². The maximum Gasteiger partial charge on any atom is 0.317 e. The van der Waals surface area contributed by atoms with Crippen molar-refractivity contribution in [3.05, 3.63) is 29.8 Å². The molecule has 1 atom stereocenters. The predicted molar refractivity (Wildman–Crippen MR) is 101 cm³/mol. The second kappa shape index (κ2) is 8.56. The Kier molecular flexibility index (Phi) is 6.19. The van der Waals surface area contributed by atoms with E-state index in [9.17, 15) is 9.90 Å². The number of aliphatic hydroxyl groups is 1. The van der Waals surface area contributed by atoms with Crippen molar-refractivity contribution >= 4 is 11.7 Å². The summed E-state index contributed by atoms with van der Waals surface area (Å²) in [4.78, 5) is 16.3. The lowest BCUT2D eigenvalue weighted by Gasteiger charge is -2.33. The minimum Gasteiger partial charge on any atom is -0.391 e. The zero-order valence-corrected chi connectivity index (χ0v) is 15.3. The third-order valence-electron chi connectivity index (χ3n) is 5.59. The number of rotatable bonds is 4. The van der Waals surface area contributed by atoms with Crippen LogP contribution in [-0.2, 0) is 6.54 Å². The summed E-state index contributed by atoms with van der Waals surface area (Å²) in [5, 5.41) is 12.6. The van der Waals surface area contributed by atoms with Crippen molar-refractivity contribution in [1.29, 1.82) is 0 Å². The molecule has 25 heavy (non-hydrogen) atoms. The molecule has 0 unspecified atom stereocenters. The van der Waals surface area contributed by atoms with Crippen LogP contribution in [0.25, 0.3) is 0 Å². The van der Waals surface area contributed by atoms with Crippen LogP contribution in [0.5, 0.6) is 0 Å². The topological polar surface area (TPSA) is 55.8 Å². The van der Waals surface area contributed by atoms with E-state index < -0.39 is 0 Å². The van der Waals surface area contributed by atoms with Gasteiger partial charge in [-0.15, -0.1) is 0 Å². The molecule has 0 bridgehead atoms. The molecule has 5 heteroatoms. The Morgan fingerprint density at radius 2 is 1.88 bits per heavy atom. The van der Waals surface area contributed by atoms with Crippen molar-refractivity contribution in [2.24, 2.45) is 0 Å². The number of aliphatic hydroxyl groups excluding tert-OH is 1. The maximum atomic E-state index is 12.2. The highest BCUT2D eigenvalue weighted by Crippen LogP contribution is 2.26. The fraction of sp³-hybridized carbons (Fsp3) is 0.650. The van der Waals surface area contributed by atoms with Crippen molar-refractivity contribution < 1.29 is 9.90 Å². The average molecular weight is 345 g/mol. The number of carbonyl (C=O) groups excluding carboxylic acids is 1. The van der Waals surface area contributed by atoms with Gasteiger partial charge in [-0.05, 0) is 43.4 Å². The molecule has 1 aromatic rings. The van der Waals surface area contributed by atoms with Crippen molar-refractivity contribution in [3.63, 3.8) is 0 Å².